The van der Waals surface area contributed by atoms with Gasteiger partial charge in [0.25, 0.3) is 0 Å². The summed E-state index contributed by atoms with van der Waals surface area (Å²) in [4.78, 5) is 23.8. The van der Waals surface area contributed by atoms with Crippen molar-refractivity contribution in [2.75, 3.05) is 7.11 Å². The number of rotatable bonds is 14. The molecule has 6 atom stereocenters. The first-order valence-corrected chi connectivity index (χ1v) is 12.6. The monoisotopic (exact) mass is 470 g/mol. The molecule has 0 N–H and O–H groups in total. The van der Waals surface area contributed by atoms with E-state index in [-0.39, 0.29) is 35.8 Å². The van der Waals surface area contributed by atoms with Crippen LogP contribution >= 0.6 is 18.9 Å². The van der Waals surface area contributed by atoms with Crippen LogP contribution in [-0.2, 0) is 23.4 Å². The first-order valence-electron chi connectivity index (χ1n) is 11.6. The Labute approximate surface area is 192 Å². The number of esters is 1. The molecule has 2 fully saturated rings. The molecule has 0 aromatic carbocycles. The number of carbonyl (C=O) groups is 2. The topological polar surface area (TPSA) is 61.8 Å². The lowest BCUT2D eigenvalue weighted by molar-refractivity contribution is -0.140. The summed E-state index contributed by atoms with van der Waals surface area (Å²) in [6.45, 7) is 2.24. The Morgan fingerprint density at radius 1 is 1.26 bits per heavy atom. The SMILES string of the molecule is CCCC1(C(CC=C[C@H]2C(OP)CC(=O)[C@@H]2CC=CCCCC(=O)OC)OP)CCC1. The minimum absolute atomic E-state index is 0.0534. The van der Waals surface area contributed by atoms with Crippen LogP contribution in [0, 0.1) is 17.3 Å². The second-order valence-corrected chi connectivity index (χ2v) is 9.50. The van der Waals surface area contributed by atoms with Gasteiger partial charge in [0.15, 0.2) is 0 Å². The van der Waals surface area contributed by atoms with Gasteiger partial charge >= 0.3 is 5.97 Å². The maximum absolute atomic E-state index is 12.6. The molecule has 2 aliphatic carbocycles. The third-order valence-corrected chi connectivity index (χ3v) is 7.75. The van der Waals surface area contributed by atoms with Crippen LogP contribution in [0.2, 0.25) is 0 Å². The molecule has 176 valence electrons. The molecule has 2 saturated carbocycles. The fraction of sp³-hybridized carbons (Fsp3) is 0.750. The van der Waals surface area contributed by atoms with E-state index >= 15 is 0 Å². The lowest BCUT2D eigenvalue weighted by Crippen LogP contribution is -2.41. The number of ketones is 1. The Hall–Kier alpha value is -0.600. The van der Waals surface area contributed by atoms with Gasteiger partial charge in [0.05, 0.1) is 19.3 Å². The van der Waals surface area contributed by atoms with Crippen molar-refractivity contribution in [2.45, 2.75) is 89.8 Å². The van der Waals surface area contributed by atoms with E-state index in [2.05, 4.69) is 54.9 Å². The molecule has 0 saturated heterocycles. The Bertz CT molecular complexity index is 629. The van der Waals surface area contributed by atoms with Gasteiger partial charge in [-0.15, -0.1) is 0 Å². The Morgan fingerprint density at radius 3 is 2.61 bits per heavy atom. The van der Waals surface area contributed by atoms with Gasteiger partial charge in [-0.2, -0.15) is 0 Å². The van der Waals surface area contributed by atoms with Crippen LogP contribution in [0.5, 0.6) is 0 Å². The van der Waals surface area contributed by atoms with Gasteiger partial charge in [0.2, 0.25) is 0 Å². The quantitative estimate of drug-likeness (QED) is 0.140. The summed E-state index contributed by atoms with van der Waals surface area (Å²) in [6.07, 6.45) is 18.9. The van der Waals surface area contributed by atoms with Crippen LogP contribution in [-0.4, -0.2) is 31.1 Å². The first kappa shape index (κ1) is 26.7. The summed E-state index contributed by atoms with van der Waals surface area (Å²) in [7, 11) is 6.21. The van der Waals surface area contributed by atoms with Crippen LogP contribution < -0.4 is 0 Å². The minimum Gasteiger partial charge on any atom is -0.469 e. The van der Waals surface area contributed by atoms with Crippen molar-refractivity contribution in [3.63, 3.8) is 0 Å². The number of carbonyl (C=O) groups excluding carboxylic acids is 2. The molecule has 7 heteroatoms. The number of methoxy groups -OCH3 is 1. The second kappa shape index (κ2) is 13.8. The fourth-order valence-electron chi connectivity index (χ4n) is 5.14. The van der Waals surface area contributed by atoms with E-state index in [0.717, 1.165) is 19.3 Å². The predicted molar refractivity (Wildman–Crippen MR) is 130 cm³/mol. The standard InChI is InChI=1S/C24H40O5P2/c1-3-14-24(15-9-16-24)22(29-31)12-8-11-19-18(20(25)17-21(19)28-30)10-6-4-5-7-13-23(26)27-2/h4,6,8,11,18-19,21-22H,3,5,7,9-10,12-17,30-31H2,1-2H3/t18-,19-,21?,22?/m1/s1. The van der Waals surface area contributed by atoms with Crippen LogP contribution in [0.15, 0.2) is 24.3 Å². The van der Waals surface area contributed by atoms with E-state index in [4.69, 9.17) is 9.05 Å². The zero-order chi connectivity index (χ0) is 22.7. The van der Waals surface area contributed by atoms with Gasteiger partial charge in [0.1, 0.15) is 5.78 Å². The zero-order valence-corrected chi connectivity index (χ0v) is 21.4. The zero-order valence-electron chi connectivity index (χ0n) is 19.1. The van der Waals surface area contributed by atoms with Crippen LogP contribution in [0.4, 0.5) is 0 Å². The van der Waals surface area contributed by atoms with Crippen molar-refractivity contribution in [1.29, 1.82) is 0 Å². The molecular weight excluding hydrogens is 430 g/mol. The lowest BCUT2D eigenvalue weighted by Gasteiger charge is -2.47. The summed E-state index contributed by atoms with van der Waals surface area (Å²) in [6, 6.07) is 0. The molecule has 0 radical (unpaired) electrons. The molecule has 4 unspecified atom stereocenters. The summed E-state index contributed by atoms with van der Waals surface area (Å²) in [5.41, 5.74) is 0.315. The van der Waals surface area contributed by atoms with Crippen molar-refractivity contribution < 1.29 is 23.4 Å². The molecular formula is C24H40O5P2. The van der Waals surface area contributed by atoms with Crippen LogP contribution in [0.1, 0.15) is 77.6 Å². The summed E-state index contributed by atoms with van der Waals surface area (Å²) in [5.74, 6) is 0.114. The highest BCUT2D eigenvalue weighted by molar-refractivity contribution is 7.10. The van der Waals surface area contributed by atoms with E-state index in [1.807, 2.05) is 0 Å². The molecule has 5 nitrogen and oxygen atoms in total. The van der Waals surface area contributed by atoms with Crippen molar-refractivity contribution in [1.82, 2.24) is 0 Å². The number of unbranched alkanes of at least 4 members (excludes halogenated alkanes) is 1. The highest BCUT2D eigenvalue weighted by Crippen LogP contribution is 2.50. The molecule has 0 bridgehead atoms. The van der Waals surface area contributed by atoms with E-state index in [1.54, 1.807) is 0 Å². The van der Waals surface area contributed by atoms with Gasteiger partial charge in [0, 0.05) is 43.6 Å². The Balaban J connectivity index is 1.92. The van der Waals surface area contributed by atoms with Crippen LogP contribution in [0.3, 0.4) is 0 Å². The number of hydrogen-bond acceptors (Lipinski definition) is 5. The third kappa shape index (κ3) is 7.46. The predicted octanol–water partition coefficient (Wildman–Crippen LogP) is 5.75. The molecule has 31 heavy (non-hydrogen) atoms. The van der Waals surface area contributed by atoms with Crippen molar-refractivity contribution in [3.8, 4) is 0 Å². The maximum atomic E-state index is 12.6. The molecule has 0 heterocycles. The van der Waals surface area contributed by atoms with Gasteiger partial charge in [-0.25, -0.2) is 0 Å². The summed E-state index contributed by atoms with van der Waals surface area (Å²) < 4.78 is 16.0. The Kier molecular flexibility index (Phi) is 11.9. The van der Waals surface area contributed by atoms with Crippen LogP contribution in [0.25, 0.3) is 0 Å². The van der Waals surface area contributed by atoms with Gasteiger partial charge in [-0.05, 0) is 50.4 Å². The summed E-state index contributed by atoms with van der Waals surface area (Å²) in [5, 5.41) is 0. The minimum atomic E-state index is -0.180. The van der Waals surface area contributed by atoms with Crippen molar-refractivity contribution in [2.24, 2.45) is 17.3 Å². The van der Waals surface area contributed by atoms with E-state index in [9.17, 15) is 9.59 Å². The number of Topliss-reactive ketones (excluding diaryl/α,β-unsaturated/α-hetero) is 1. The number of allylic oxidation sites excluding steroid dienone is 2. The molecule has 0 aromatic heterocycles. The molecule has 2 aliphatic rings. The van der Waals surface area contributed by atoms with E-state index in [0.29, 0.717) is 24.7 Å². The van der Waals surface area contributed by atoms with E-state index in [1.165, 1.54) is 39.2 Å². The van der Waals surface area contributed by atoms with E-state index < -0.39 is 0 Å². The molecule has 0 spiro atoms. The molecule has 0 aromatic rings. The van der Waals surface area contributed by atoms with Gasteiger partial charge in [-0.1, -0.05) is 44.1 Å². The maximum Gasteiger partial charge on any atom is 0.305 e. The third-order valence-electron chi connectivity index (χ3n) is 7.07. The highest BCUT2D eigenvalue weighted by Gasteiger charge is 2.43. The number of ether oxygens (including phenoxy) is 1. The average Bonchev–Trinajstić information content (AvgIpc) is 3.05. The molecule has 2 rings (SSSR count). The fourth-order valence-corrected chi connectivity index (χ4v) is 5.82. The summed E-state index contributed by atoms with van der Waals surface area (Å²) >= 11 is 0. The smallest absolute Gasteiger partial charge is 0.305 e. The van der Waals surface area contributed by atoms with Gasteiger partial charge in [-0.3, -0.25) is 9.59 Å². The van der Waals surface area contributed by atoms with Crippen molar-refractivity contribution >= 4 is 30.7 Å². The second-order valence-electron chi connectivity index (χ2n) is 8.96. The van der Waals surface area contributed by atoms with Crippen molar-refractivity contribution in [3.05, 3.63) is 24.3 Å². The normalized spacial score (nSPS) is 26.5. The average molecular weight is 471 g/mol. The number of hydrogen-bond donors (Lipinski definition) is 0. The highest BCUT2D eigenvalue weighted by atomic mass is 31.0. The first-order chi connectivity index (χ1) is 15.0. The molecule has 0 aliphatic heterocycles. The van der Waals surface area contributed by atoms with Gasteiger partial charge < -0.3 is 13.8 Å². The molecule has 0 amide bonds. The largest absolute Gasteiger partial charge is 0.469 e. The lowest BCUT2D eigenvalue weighted by atomic mass is 9.62. The Morgan fingerprint density at radius 2 is 2.03 bits per heavy atom.